The smallest absolute Gasteiger partial charge is 0.173 e. The molecule has 12 heavy (non-hydrogen) atoms. The minimum Gasteiger partial charge on any atom is -0.173 e. The summed E-state index contributed by atoms with van der Waals surface area (Å²) in [6, 6.07) is 6.92. The van der Waals surface area contributed by atoms with Crippen molar-refractivity contribution < 1.29 is 0 Å². The van der Waals surface area contributed by atoms with Gasteiger partial charge in [-0.15, -0.1) is 21.5 Å². The van der Waals surface area contributed by atoms with Crippen molar-refractivity contribution in [2.75, 3.05) is 0 Å². The van der Waals surface area contributed by atoms with Crippen molar-refractivity contribution in [3.8, 4) is 0 Å². The lowest BCUT2D eigenvalue weighted by Crippen LogP contribution is -2.13. The van der Waals surface area contributed by atoms with Crippen LogP contribution in [-0.2, 0) is 0 Å². The molecule has 0 fully saturated rings. The first-order valence-corrected chi connectivity index (χ1v) is 6.00. The molecule has 0 saturated carbocycles. The van der Waals surface area contributed by atoms with Crippen LogP contribution in [0.4, 0.5) is 0 Å². The van der Waals surface area contributed by atoms with Gasteiger partial charge in [0.1, 0.15) is 0 Å². The monoisotopic (exact) mass is 238 g/mol. The Balaban J connectivity index is 0.00000121. The van der Waals surface area contributed by atoms with E-state index >= 15 is 0 Å². The molecule has 1 aromatic rings. The van der Waals surface area contributed by atoms with E-state index in [1.807, 2.05) is 0 Å². The van der Waals surface area contributed by atoms with E-state index in [4.69, 9.17) is 0 Å². The van der Waals surface area contributed by atoms with E-state index in [9.17, 15) is 0 Å². The second kappa shape index (κ2) is 6.00. The highest BCUT2D eigenvalue weighted by Crippen LogP contribution is 1.99. The van der Waals surface area contributed by atoms with Crippen molar-refractivity contribution in [3.05, 3.63) is 29.3 Å². The Labute approximate surface area is 95.2 Å². The molecule has 0 radical (unpaired) electrons. The summed E-state index contributed by atoms with van der Waals surface area (Å²) >= 11 is 0.0562. The first-order valence-electron chi connectivity index (χ1n) is 4.29. The third-order valence-electron chi connectivity index (χ3n) is 1.82. The summed E-state index contributed by atoms with van der Waals surface area (Å²) in [5, 5.41) is 0. The van der Waals surface area contributed by atoms with Crippen LogP contribution in [0.15, 0.2) is 18.2 Å². The average molecular weight is 239 g/mol. The summed E-state index contributed by atoms with van der Waals surface area (Å²) in [4.78, 5) is 0. The van der Waals surface area contributed by atoms with Gasteiger partial charge in [0.2, 0.25) is 0 Å². The Hall–Kier alpha value is 0.466. The zero-order valence-corrected chi connectivity index (χ0v) is 11.2. The second-order valence-corrected chi connectivity index (χ2v) is 5.56. The lowest BCUT2D eigenvalue weighted by Gasteiger charge is -2.01. The Kier molecular flexibility index (Phi) is 6.24. The van der Waals surface area contributed by atoms with Gasteiger partial charge in [-0.3, -0.25) is 0 Å². The van der Waals surface area contributed by atoms with E-state index in [-0.39, 0.29) is 37.3 Å². The normalized spacial score (nSPS) is 8.58. The Morgan fingerprint density at radius 2 is 1.58 bits per heavy atom. The molecule has 0 aliphatic heterocycles. The van der Waals surface area contributed by atoms with Crippen LogP contribution < -0.4 is 3.69 Å². The summed E-state index contributed by atoms with van der Waals surface area (Å²) in [5.74, 6) is 0. The number of benzene rings is 1. The van der Waals surface area contributed by atoms with Gasteiger partial charge < -0.3 is 0 Å². The van der Waals surface area contributed by atoms with Crippen LogP contribution in [0.1, 0.15) is 18.1 Å². The molecular weight excluding hydrogens is 224 g/mol. The minimum atomic E-state index is 0. The molecule has 0 N–H and O–H groups in total. The lowest BCUT2D eigenvalue weighted by atomic mass is 10.2. The van der Waals surface area contributed by atoms with Gasteiger partial charge >= 0.3 is 20.4 Å². The summed E-state index contributed by atoms with van der Waals surface area (Å²) in [5.41, 5.74) is 2.84. The van der Waals surface area contributed by atoms with E-state index in [0.717, 1.165) is 0 Å². The van der Waals surface area contributed by atoms with Gasteiger partial charge in [0, 0.05) is 0 Å². The molecule has 1 rings (SSSR count). The van der Waals surface area contributed by atoms with Gasteiger partial charge in [-0.2, -0.15) is 3.69 Å². The molecule has 0 bridgehead atoms. The molecule has 0 aromatic heterocycles. The maximum absolute atomic E-state index is 2.34. The number of halogens is 1. The van der Waals surface area contributed by atoms with Crippen LogP contribution >= 0.6 is 17.0 Å². The van der Waals surface area contributed by atoms with E-state index in [1.54, 1.807) is 3.69 Å². The molecule has 2 heteroatoms. The van der Waals surface area contributed by atoms with E-state index < -0.39 is 0 Å². The second-order valence-electron chi connectivity index (χ2n) is 3.25. The lowest BCUT2D eigenvalue weighted by molar-refractivity contribution is 1.39. The third-order valence-corrected chi connectivity index (χ3v) is 3.31. The van der Waals surface area contributed by atoms with Crippen LogP contribution in [0, 0.1) is 13.8 Å². The molecule has 0 atom stereocenters. The SMILES string of the molecule is Br.C[CH2][Mg][c]1cc(C)cc(C)c1. The van der Waals surface area contributed by atoms with Crippen LogP contribution in [0.25, 0.3) is 0 Å². The van der Waals surface area contributed by atoms with E-state index in [0.29, 0.717) is 0 Å². The van der Waals surface area contributed by atoms with Crippen molar-refractivity contribution in [2.24, 2.45) is 0 Å². The maximum atomic E-state index is 2.34. The zero-order valence-electron chi connectivity index (χ0n) is 8.05. The van der Waals surface area contributed by atoms with Gasteiger partial charge in [-0.05, 0) is 13.8 Å². The zero-order chi connectivity index (χ0) is 8.27. The fourth-order valence-electron chi connectivity index (χ4n) is 1.50. The molecule has 0 spiro atoms. The molecule has 0 amide bonds. The van der Waals surface area contributed by atoms with Gasteiger partial charge in [-0.25, -0.2) is 0 Å². The standard InChI is InChI=1S/C8H9.C2H5.BrH.Mg/c1-7-4-3-5-8(2)6-7;1-2;;/h4-6H,1-2H3;1H2,2H3;1H;. The predicted molar refractivity (Wildman–Crippen MR) is 62.1 cm³/mol. The minimum absolute atomic E-state index is 0. The first kappa shape index (κ1) is 12.5. The average Bonchev–Trinajstić information content (AvgIpc) is 1.85. The van der Waals surface area contributed by atoms with Crippen molar-refractivity contribution in [1.29, 1.82) is 0 Å². The van der Waals surface area contributed by atoms with Crippen LogP contribution in [0.2, 0.25) is 4.55 Å². The predicted octanol–water partition coefficient (Wildman–Crippen LogP) is 2.65. The molecule has 0 heterocycles. The van der Waals surface area contributed by atoms with Crippen LogP contribution in [0.5, 0.6) is 0 Å². The van der Waals surface area contributed by atoms with Gasteiger partial charge in [0.25, 0.3) is 0 Å². The summed E-state index contributed by atoms with van der Waals surface area (Å²) in [6.07, 6.45) is 0. The van der Waals surface area contributed by atoms with E-state index in [1.165, 1.54) is 15.7 Å². The van der Waals surface area contributed by atoms with Crippen LogP contribution in [-0.4, -0.2) is 20.4 Å². The van der Waals surface area contributed by atoms with Crippen molar-refractivity contribution >= 4 is 41.0 Å². The van der Waals surface area contributed by atoms with E-state index in [2.05, 4.69) is 39.0 Å². The Bertz CT molecular complexity index is 225. The molecule has 0 unspecified atom stereocenters. The van der Waals surface area contributed by atoms with Crippen molar-refractivity contribution in [1.82, 2.24) is 0 Å². The van der Waals surface area contributed by atoms with Crippen molar-refractivity contribution in [2.45, 2.75) is 25.3 Å². The molecule has 0 aliphatic rings. The molecule has 1 aromatic carbocycles. The quantitative estimate of drug-likeness (QED) is 0.696. The van der Waals surface area contributed by atoms with Gasteiger partial charge in [-0.1, -0.05) is 36.2 Å². The number of hydrogen-bond donors (Lipinski definition) is 0. The highest BCUT2D eigenvalue weighted by molar-refractivity contribution is 8.93. The molecular formula is C10H15BrMg. The number of rotatable bonds is 2. The summed E-state index contributed by atoms with van der Waals surface area (Å²) in [7, 11) is 0. The third kappa shape index (κ3) is 3.92. The molecule has 0 aliphatic carbocycles. The highest BCUT2D eigenvalue weighted by Gasteiger charge is 1.97. The largest absolute Gasteiger partial charge is 0.408 e. The maximum Gasteiger partial charge on any atom is 0.408 e. The topological polar surface area (TPSA) is 0 Å². The highest BCUT2D eigenvalue weighted by atomic mass is 79.9. The van der Waals surface area contributed by atoms with Crippen molar-refractivity contribution in [3.63, 3.8) is 0 Å². The van der Waals surface area contributed by atoms with Crippen LogP contribution in [0.3, 0.4) is 0 Å². The summed E-state index contributed by atoms with van der Waals surface area (Å²) in [6.45, 7) is 6.64. The van der Waals surface area contributed by atoms with Gasteiger partial charge in [0.15, 0.2) is 0 Å². The Morgan fingerprint density at radius 3 is 2.00 bits per heavy atom. The molecule has 0 saturated heterocycles. The fourth-order valence-corrected chi connectivity index (χ4v) is 3.01. The number of hydrogen-bond acceptors (Lipinski definition) is 0. The fraction of sp³-hybridized carbons (Fsp3) is 0.400. The number of aryl methyl sites for hydroxylation is 2. The molecule has 0 nitrogen and oxygen atoms in total. The van der Waals surface area contributed by atoms with Gasteiger partial charge in [0.05, 0.1) is 0 Å². The Morgan fingerprint density at radius 1 is 1.08 bits per heavy atom. The first-order chi connectivity index (χ1) is 5.22. The molecule has 64 valence electrons. The summed E-state index contributed by atoms with van der Waals surface area (Å²) < 4.78 is 2.99.